The summed E-state index contributed by atoms with van der Waals surface area (Å²) in [6, 6.07) is 10.6. The van der Waals surface area contributed by atoms with Crippen molar-refractivity contribution in [1.82, 2.24) is 19.3 Å². The molecule has 3 heterocycles. The fourth-order valence-electron chi connectivity index (χ4n) is 4.69. The lowest BCUT2D eigenvalue weighted by Gasteiger charge is -2.30. The van der Waals surface area contributed by atoms with Crippen LogP contribution >= 0.6 is 0 Å². The van der Waals surface area contributed by atoms with Crippen LogP contribution in [0.3, 0.4) is 0 Å². The number of piperidine rings is 1. The molecule has 1 aromatic heterocycles. The lowest BCUT2D eigenvalue weighted by molar-refractivity contribution is -0.137. The third-order valence-electron chi connectivity index (χ3n) is 6.85. The summed E-state index contributed by atoms with van der Waals surface area (Å²) in [7, 11) is -3.51. The number of nitrogens with zero attached hydrogens (tertiary/aromatic N) is 4. The fraction of sp³-hybridized carbons (Fsp3) is 0.400. The zero-order chi connectivity index (χ0) is 26.2. The van der Waals surface area contributed by atoms with Crippen molar-refractivity contribution in [2.75, 3.05) is 26.2 Å². The van der Waals surface area contributed by atoms with Crippen LogP contribution in [-0.2, 0) is 16.2 Å². The van der Waals surface area contributed by atoms with Gasteiger partial charge in [0.25, 0.3) is 11.8 Å². The van der Waals surface area contributed by atoms with Gasteiger partial charge in [-0.3, -0.25) is 4.79 Å². The largest absolute Gasteiger partial charge is 0.416 e. The number of carbonyl (C=O) groups excluding carboxylic acids is 1. The van der Waals surface area contributed by atoms with Crippen molar-refractivity contribution in [3.8, 4) is 11.5 Å². The Kier molecular flexibility index (Phi) is 6.80. The molecule has 0 unspecified atom stereocenters. The van der Waals surface area contributed by atoms with E-state index in [9.17, 15) is 26.4 Å². The highest BCUT2D eigenvalue weighted by atomic mass is 32.2. The number of likely N-dealkylation sites (tertiary alicyclic amines) is 1. The first-order valence-corrected chi connectivity index (χ1v) is 13.5. The summed E-state index contributed by atoms with van der Waals surface area (Å²) in [5.74, 6) is 0.433. The van der Waals surface area contributed by atoms with Crippen LogP contribution in [0.25, 0.3) is 11.5 Å². The fourth-order valence-corrected chi connectivity index (χ4v) is 6.21. The first kappa shape index (κ1) is 25.4. The zero-order valence-corrected chi connectivity index (χ0v) is 20.6. The number of carbonyl (C=O) groups is 1. The van der Waals surface area contributed by atoms with Crippen molar-refractivity contribution in [2.24, 2.45) is 0 Å². The van der Waals surface area contributed by atoms with E-state index in [2.05, 4.69) is 10.1 Å². The minimum atomic E-state index is -4.45. The maximum atomic E-state index is 12.8. The molecule has 0 atom stereocenters. The molecule has 0 bridgehead atoms. The second-order valence-corrected chi connectivity index (χ2v) is 11.2. The smallest absolute Gasteiger partial charge is 0.339 e. The van der Waals surface area contributed by atoms with E-state index >= 15 is 0 Å². The number of sulfonamides is 1. The third-order valence-corrected chi connectivity index (χ3v) is 8.77. The number of hydrogen-bond acceptors (Lipinski definition) is 6. The van der Waals surface area contributed by atoms with Gasteiger partial charge in [-0.1, -0.05) is 5.16 Å². The summed E-state index contributed by atoms with van der Waals surface area (Å²) in [6.07, 6.45) is -1.55. The Labute approximate surface area is 212 Å². The van der Waals surface area contributed by atoms with Crippen LogP contribution in [0.2, 0.25) is 0 Å². The van der Waals surface area contributed by atoms with Crippen LogP contribution in [0.15, 0.2) is 57.9 Å². The SMILES string of the molecule is O=C(c1ccc(C(F)(F)F)cc1)N1CCC(c2noc(-c3ccc(S(=O)(=O)N4CCCC4)cc3)n2)CC1. The van der Waals surface area contributed by atoms with E-state index in [-0.39, 0.29) is 28.2 Å². The molecule has 2 saturated heterocycles. The van der Waals surface area contributed by atoms with E-state index in [1.165, 1.54) is 28.6 Å². The van der Waals surface area contributed by atoms with Gasteiger partial charge in [0.15, 0.2) is 5.82 Å². The van der Waals surface area contributed by atoms with E-state index in [1.807, 2.05) is 0 Å². The summed E-state index contributed by atoms with van der Waals surface area (Å²) in [5, 5.41) is 4.09. The van der Waals surface area contributed by atoms with Crippen LogP contribution in [0.5, 0.6) is 0 Å². The molecule has 196 valence electrons. The average Bonchev–Trinajstić information content (AvgIpc) is 3.62. The van der Waals surface area contributed by atoms with Crippen LogP contribution < -0.4 is 0 Å². The van der Waals surface area contributed by atoms with Crippen molar-refractivity contribution in [3.63, 3.8) is 0 Å². The van der Waals surface area contributed by atoms with E-state index in [4.69, 9.17) is 4.52 Å². The molecule has 8 nitrogen and oxygen atoms in total. The predicted molar refractivity (Wildman–Crippen MR) is 127 cm³/mol. The van der Waals surface area contributed by atoms with Crippen LogP contribution in [0.1, 0.15) is 53.3 Å². The van der Waals surface area contributed by atoms with Crippen molar-refractivity contribution in [2.45, 2.75) is 42.7 Å². The van der Waals surface area contributed by atoms with Crippen molar-refractivity contribution in [3.05, 3.63) is 65.5 Å². The second kappa shape index (κ2) is 9.90. The first-order valence-electron chi connectivity index (χ1n) is 12.0. The number of halogens is 3. The van der Waals surface area contributed by atoms with E-state index in [0.29, 0.717) is 50.4 Å². The summed E-state index contributed by atoms with van der Waals surface area (Å²) >= 11 is 0. The van der Waals surface area contributed by atoms with Gasteiger partial charge < -0.3 is 9.42 Å². The molecule has 0 spiro atoms. The van der Waals surface area contributed by atoms with Crippen molar-refractivity contribution < 1.29 is 30.9 Å². The molecule has 0 aliphatic carbocycles. The molecule has 5 rings (SSSR count). The Morgan fingerprint density at radius 2 is 1.54 bits per heavy atom. The molecule has 12 heteroatoms. The summed E-state index contributed by atoms with van der Waals surface area (Å²) in [4.78, 5) is 19.0. The normalized spacial score (nSPS) is 17.9. The molecular formula is C25H25F3N4O4S. The Hall–Kier alpha value is -3.25. The van der Waals surface area contributed by atoms with Gasteiger partial charge in [-0.15, -0.1) is 0 Å². The van der Waals surface area contributed by atoms with Crippen LogP contribution in [0.4, 0.5) is 13.2 Å². The molecule has 2 aromatic carbocycles. The number of aromatic nitrogens is 2. The lowest BCUT2D eigenvalue weighted by Crippen LogP contribution is -2.38. The quantitative estimate of drug-likeness (QED) is 0.476. The molecular weight excluding hydrogens is 509 g/mol. The molecule has 2 aliphatic rings. The van der Waals surface area contributed by atoms with Gasteiger partial charge >= 0.3 is 6.18 Å². The number of benzene rings is 2. The molecule has 1 amide bonds. The monoisotopic (exact) mass is 534 g/mol. The van der Waals surface area contributed by atoms with Gasteiger partial charge in [0.05, 0.1) is 10.5 Å². The minimum absolute atomic E-state index is 0.0380. The second-order valence-electron chi connectivity index (χ2n) is 9.23. The first-order chi connectivity index (χ1) is 17.6. The van der Waals surface area contributed by atoms with Crippen LogP contribution in [0, 0.1) is 0 Å². The predicted octanol–water partition coefficient (Wildman–Crippen LogP) is 4.56. The highest BCUT2D eigenvalue weighted by Crippen LogP contribution is 2.31. The zero-order valence-electron chi connectivity index (χ0n) is 19.8. The van der Waals surface area contributed by atoms with Crippen molar-refractivity contribution >= 4 is 15.9 Å². The average molecular weight is 535 g/mol. The lowest BCUT2D eigenvalue weighted by atomic mass is 9.95. The Morgan fingerprint density at radius 3 is 2.14 bits per heavy atom. The molecule has 2 aliphatic heterocycles. The number of rotatable bonds is 5. The van der Waals surface area contributed by atoms with Gasteiger partial charge in [-0.05, 0) is 74.2 Å². The van der Waals surface area contributed by atoms with Gasteiger partial charge in [-0.25, -0.2) is 8.42 Å². The summed E-state index contributed by atoms with van der Waals surface area (Å²) in [5.41, 5.74) is 0.0241. The molecule has 0 N–H and O–H groups in total. The van der Waals surface area contributed by atoms with Gasteiger partial charge in [0.2, 0.25) is 10.0 Å². The van der Waals surface area contributed by atoms with Gasteiger partial charge in [-0.2, -0.15) is 22.5 Å². The molecule has 3 aromatic rings. The number of alkyl halides is 3. The number of amides is 1. The molecule has 37 heavy (non-hydrogen) atoms. The maximum Gasteiger partial charge on any atom is 0.416 e. The van der Waals surface area contributed by atoms with Crippen LogP contribution in [-0.4, -0.2) is 59.8 Å². The van der Waals surface area contributed by atoms with E-state index in [1.54, 1.807) is 17.0 Å². The summed E-state index contributed by atoms with van der Waals surface area (Å²) in [6.45, 7) is 1.90. The highest BCUT2D eigenvalue weighted by Gasteiger charge is 2.32. The molecule has 0 saturated carbocycles. The summed E-state index contributed by atoms with van der Waals surface area (Å²) < 4.78 is 70.6. The minimum Gasteiger partial charge on any atom is -0.339 e. The standard InChI is InChI=1S/C25H25F3N4O4S/c26-25(27,28)20-7-3-19(4-8-20)24(33)31-15-11-17(12-16-31)22-29-23(36-30-22)18-5-9-21(10-6-18)37(34,35)32-13-1-2-14-32/h3-10,17H,1-2,11-16H2. The van der Waals surface area contributed by atoms with E-state index in [0.717, 1.165) is 25.0 Å². The maximum absolute atomic E-state index is 12.8. The Morgan fingerprint density at radius 1 is 0.919 bits per heavy atom. The Bertz CT molecular complexity index is 1360. The topological polar surface area (TPSA) is 96.6 Å². The third kappa shape index (κ3) is 5.26. The highest BCUT2D eigenvalue weighted by molar-refractivity contribution is 7.89. The molecule has 2 fully saturated rings. The van der Waals surface area contributed by atoms with Gasteiger partial charge in [0.1, 0.15) is 0 Å². The Balaban J connectivity index is 1.20. The number of hydrogen-bond donors (Lipinski definition) is 0. The van der Waals surface area contributed by atoms with Gasteiger partial charge in [0, 0.05) is 43.2 Å². The van der Waals surface area contributed by atoms with Crippen molar-refractivity contribution in [1.29, 1.82) is 0 Å². The molecule has 0 radical (unpaired) electrons. The van der Waals surface area contributed by atoms with E-state index < -0.39 is 21.8 Å².